The number of nitrogens with zero attached hydrogens (tertiary/aromatic N) is 13. The van der Waals surface area contributed by atoms with Crippen molar-refractivity contribution < 1.29 is 70.9 Å². The number of hydrogen-bond acceptors (Lipinski definition) is 25. The molecule has 6 N–H and O–H groups in total. The second-order valence-electron chi connectivity index (χ2n) is 23.3. The van der Waals surface area contributed by atoms with Crippen LogP contribution >= 0.6 is 0 Å². The van der Waals surface area contributed by atoms with Gasteiger partial charge in [-0.25, -0.2) is 42.3 Å². The maximum absolute atomic E-state index is 14.9. The zero-order valence-electron chi connectivity index (χ0n) is 52.7. The van der Waals surface area contributed by atoms with E-state index in [0.29, 0.717) is 76.2 Å². The zero-order valence-corrected chi connectivity index (χ0v) is 52.7. The van der Waals surface area contributed by atoms with E-state index in [0.717, 1.165) is 95.1 Å². The van der Waals surface area contributed by atoms with Gasteiger partial charge in [0.25, 0.3) is 11.8 Å². The van der Waals surface area contributed by atoms with Crippen LogP contribution < -0.4 is 44.7 Å². The summed E-state index contributed by atoms with van der Waals surface area (Å²) in [7, 11) is 3.19. The number of nitriles is 2. The summed E-state index contributed by atoms with van der Waals surface area (Å²) >= 11 is 0. The maximum atomic E-state index is 14.9. The third-order valence-corrected chi connectivity index (χ3v) is 16.8. The van der Waals surface area contributed by atoms with Crippen molar-refractivity contribution >= 4 is 46.5 Å². The van der Waals surface area contributed by atoms with Crippen LogP contribution in [0.3, 0.4) is 0 Å². The molecule has 6 aliphatic heterocycles. The molecule has 0 bridgehead atoms. The number of carboxylic acid groups (broad SMARTS) is 1. The number of aliphatic hydroxyl groups excluding tert-OH is 2. The van der Waals surface area contributed by atoms with Crippen LogP contribution in [0.2, 0.25) is 0 Å². The Balaban J connectivity index is 0.000000192. The number of aliphatic carboxylic acids is 1. The van der Waals surface area contributed by atoms with Gasteiger partial charge in [0, 0.05) is 95.0 Å². The third kappa shape index (κ3) is 17.0. The molecule has 2 unspecified atom stereocenters. The average Bonchev–Trinajstić information content (AvgIpc) is 0.831. The smallest absolute Gasteiger partial charge is 0.332 e. The van der Waals surface area contributed by atoms with Gasteiger partial charge >= 0.3 is 11.9 Å². The molecule has 12 rings (SSSR count). The molecule has 95 heavy (non-hydrogen) atoms. The highest BCUT2D eigenvalue weighted by molar-refractivity contribution is 5.80. The van der Waals surface area contributed by atoms with Crippen LogP contribution in [0.1, 0.15) is 37.8 Å². The molecule has 0 spiro atoms. The van der Waals surface area contributed by atoms with Crippen LogP contribution in [0, 0.1) is 22.7 Å². The number of benzene rings is 2. The Morgan fingerprint density at radius 1 is 0.621 bits per heavy atom. The van der Waals surface area contributed by atoms with E-state index in [9.17, 15) is 42.8 Å². The molecule has 31 heteroatoms. The number of amides is 1. The summed E-state index contributed by atoms with van der Waals surface area (Å²) in [6.07, 6.45) is -2.69. The maximum Gasteiger partial charge on any atom is 0.332 e. The Morgan fingerprint density at radius 2 is 1.07 bits per heavy atom. The molecule has 504 valence electrons. The fourth-order valence-electron chi connectivity index (χ4n) is 11.3. The lowest BCUT2D eigenvalue weighted by atomic mass is 10.0. The molecule has 0 radical (unpaired) electrons. The number of carboxylic acids is 1. The highest BCUT2D eigenvalue weighted by atomic mass is 19.3. The standard InChI is InChI=1S/C32H36F2N8O5.C29H32F2N8O3.C3H6O3/c1-20(43)31(44)42-8-7-27(32(33,34)18-42)47-26-5-3-21(13-22(26)15-35)24-14-29(37-19-36-24)38-28-6-4-25(30(39-28)45-2)41-11-9-40(10-12-41)23-16-46-17-23;1-40-28-23(39-10-8-38(9-11-39)21-15-41-16-21)3-5-26(37-28)36-27-13-22(34-18-35-27)19-2-4-24(20(12-19)14-32)42-25-6-7-33-17-29(25,30)31;1-2(4)3(5)6/h3-6,13-14,19-20,23,27,43H,7-12,16-18H2,1-2H3,(H,36,37,38,39);2-5,12-13,18,21,25,33H,6-11,15-17H2,1H3,(H,34,35,36,37);2,4H,1H3,(H,5,6)/t20-,27?;;2-/m1.1/s1. The molecule has 1 amide bonds. The van der Waals surface area contributed by atoms with Gasteiger partial charge in [0.15, 0.2) is 12.2 Å². The number of likely N-dealkylation sites (tertiary alicyclic amines) is 1. The molecular formula is C64H74F4N16O11. The number of carbonyl (C=O) groups is 2. The first-order valence-electron chi connectivity index (χ1n) is 30.9. The summed E-state index contributed by atoms with van der Waals surface area (Å²) in [5, 5.41) is 53.8. The number of pyridine rings is 2. The second-order valence-corrected chi connectivity index (χ2v) is 23.3. The highest BCUT2D eigenvalue weighted by Crippen LogP contribution is 2.37. The predicted octanol–water partition coefficient (Wildman–Crippen LogP) is 5.19. The van der Waals surface area contributed by atoms with Gasteiger partial charge in [0.05, 0.1) is 88.3 Å². The lowest BCUT2D eigenvalue weighted by Gasteiger charge is -2.43. The Hall–Kier alpha value is -9.34. The van der Waals surface area contributed by atoms with Crippen LogP contribution in [0.4, 0.5) is 52.2 Å². The fraction of sp³-hybridized carbons (Fsp3) is 0.469. The molecule has 6 aromatic rings. The largest absolute Gasteiger partial charge is 0.483 e. The van der Waals surface area contributed by atoms with Crippen molar-refractivity contribution in [2.75, 3.05) is 140 Å². The molecule has 10 heterocycles. The van der Waals surface area contributed by atoms with Crippen molar-refractivity contribution in [2.45, 2.75) is 75.0 Å². The number of carbonyl (C=O) groups excluding carboxylic acids is 1. The van der Waals surface area contributed by atoms with Crippen LogP contribution in [-0.4, -0.2) is 239 Å². The van der Waals surface area contributed by atoms with Crippen LogP contribution in [0.15, 0.2) is 85.5 Å². The Morgan fingerprint density at radius 3 is 1.45 bits per heavy atom. The number of halogens is 4. The quantitative estimate of drug-likeness (QED) is 0.0603. The highest BCUT2D eigenvalue weighted by Gasteiger charge is 2.48. The number of methoxy groups -OCH3 is 2. The summed E-state index contributed by atoms with van der Waals surface area (Å²) in [5.74, 6) is -5.21. The number of anilines is 6. The first-order valence-corrected chi connectivity index (χ1v) is 30.9. The molecule has 2 aromatic carbocycles. The molecule has 6 aliphatic rings. The van der Waals surface area contributed by atoms with Crippen molar-refractivity contribution in [3.8, 4) is 57.9 Å². The number of ether oxygens (including phenoxy) is 6. The number of aromatic nitrogens is 6. The van der Waals surface area contributed by atoms with E-state index in [1.165, 1.54) is 44.7 Å². The predicted molar refractivity (Wildman–Crippen MR) is 338 cm³/mol. The van der Waals surface area contributed by atoms with Crippen LogP contribution in [0.25, 0.3) is 22.5 Å². The Labute approximate surface area is 545 Å². The minimum atomic E-state index is -3.38. The Bertz CT molecular complexity index is 3730. The molecule has 4 aromatic heterocycles. The lowest BCUT2D eigenvalue weighted by Crippen LogP contribution is -2.56. The second kappa shape index (κ2) is 30.8. The van der Waals surface area contributed by atoms with E-state index in [1.54, 1.807) is 44.6 Å². The van der Waals surface area contributed by atoms with Gasteiger partial charge in [-0.15, -0.1) is 0 Å². The molecular weight excluding hydrogens is 1240 g/mol. The van der Waals surface area contributed by atoms with Gasteiger partial charge in [-0.1, -0.05) is 0 Å². The van der Waals surface area contributed by atoms with Crippen LogP contribution in [-0.2, 0) is 19.1 Å². The third-order valence-electron chi connectivity index (χ3n) is 16.8. The number of rotatable bonds is 18. The summed E-state index contributed by atoms with van der Waals surface area (Å²) < 4.78 is 91.5. The van der Waals surface area contributed by atoms with E-state index in [2.05, 4.69) is 71.5 Å². The van der Waals surface area contributed by atoms with Gasteiger partial charge < -0.3 is 74.4 Å². The molecule has 27 nitrogen and oxygen atoms in total. The molecule has 6 saturated heterocycles. The topological polar surface area (TPSA) is 327 Å². The molecule has 6 fully saturated rings. The van der Waals surface area contributed by atoms with Gasteiger partial charge in [0.1, 0.15) is 83.1 Å². The van der Waals surface area contributed by atoms with Gasteiger partial charge in [0.2, 0.25) is 11.8 Å². The first kappa shape index (κ1) is 68.5. The summed E-state index contributed by atoms with van der Waals surface area (Å²) in [6, 6.07) is 25.6. The summed E-state index contributed by atoms with van der Waals surface area (Å²) in [6.45, 7) is 12.0. The van der Waals surface area contributed by atoms with Gasteiger partial charge in [-0.05, 0) is 81.1 Å². The minimum absolute atomic E-state index is 0.00140. The molecule has 4 atom stereocenters. The van der Waals surface area contributed by atoms with Crippen molar-refractivity contribution in [2.24, 2.45) is 0 Å². The minimum Gasteiger partial charge on any atom is -0.483 e. The lowest BCUT2D eigenvalue weighted by molar-refractivity contribution is -0.165. The van der Waals surface area contributed by atoms with Gasteiger partial charge in [-0.3, -0.25) is 14.6 Å². The molecule has 0 aliphatic carbocycles. The number of alkyl halides is 4. The van der Waals surface area contributed by atoms with E-state index in [1.807, 2.05) is 30.3 Å². The first-order chi connectivity index (χ1) is 45.7. The summed E-state index contributed by atoms with van der Waals surface area (Å²) in [5.41, 5.74) is 4.25. The monoisotopic (exact) mass is 1320 g/mol. The number of piperidine rings is 2. The zero-order chi connectivity index (χ0) is 67.4. The van der Waals surface area contributed by atoms with Crippen molar-refractivity contribution in [3.63, 3.8) is 0 Å². The SMILES string of the molecule is COc1nc(Nc2cc(-c3ccc(OC4CCN(C(=O)[C@@H](C)O)CC4(F)F)c(C#N)c3)ncn2)ccc1N1CCN(C2COC2)CC1.COc1nc(Nc2cc(-c3ccc(OC4CCNCC4(F)F)c(C#N)c3)ncn2)ccc1N1CCN(C2COC2)CC1.C[C@@H](O)C(=O)O. The number of aliphatic hydroxyl groups is 2. The normalized spacial score (nSPS) is 20.2. The number of nitrogens with one attached hydrogen (secondary N) is 3. The van der Waals surface area contributed by atoms with Crippen molar-refractivity contribution in [1.29, 1.82) is 10.5 Å². The van der Waals surface area contributed by atoms with Crippen LogP contribution in [0.5, 0.6) is 23.3 Å². The van der Waals surface area contributed by atoms with E-state index < -0.39 is 61.2 Å². The fourth-order valence-corrected chi connectivity index (χ4v) is 11.3. The average molecular weight is 1320 g/mol. The summed E-state index contributed by atoms with van der Waals surface area (Å²) in [4.78, 5) is 58.4. The van der Waals surface area contributed by atoms with E-state index in [4.69, 9.17) is 38.6 Å². The van der Waals surface area contributed by atoms with E-state index >= 15 is 0 Å². The van der Waals surface area contributed by atoms with Gasteiger partial charge in [-0.2, -0.15) is 20.5 Å². The number of piperazine rings is 2. The van der Waals surface area contributed by atoms with E-state index in [-0.39, 0.29) is 42.0 Å². The van der Waals surface area contributed by atoms with Crippen molar-refractivity contribution in [1.82, 2.24) is 49.9 Å². The number of hydrogen-bond donors (Lipinski definition) is 6. The Kier molecular flexibility index (Phi) is 22.2. The van der Waals surface area contributed by atoms with Crippen molar-refractivity contribution in [3.05, 3.63) is 96.6 Å². The molecule has 0 saturated carbocycles.